The number of pyridine rings is 1. The Morgan fingerprint density at radius 1 is 0.839 bits per heavy atom. The molecule has 0 saturated heterocycles. The molecule has 1 aliphatic heterocycles. The fourth-order valence-corrected chi connectivity index (χ4v) is 3.65. The molecule has 0 N–H and O–H groups in total. The third-order valence-electron chi connectivity index (χ3n) is 5.18. The van der Waals surface area contributed by atoms with Crippen LogP contribution in [-0.4, -0.2) is 27.8 Å². The zero-order chi connectivity index (χ0) is 21.5. The molecule has 1 aromatic heterocycles. The summed E-state index contributed by atoms with van der Waals surface area (Å²) in [5.74, 6) is -2.12. The first-order chi connectivity index (χ1) is 15.0. The highest BCUT2D eigenvalue weighted by Crippen LogP contribution is 2.28. The van der Waals surface area contributed by atoms with Gasteiger partial charge in [0.05, 0.1) is 27.9 Å². The van der Waals surface area contributed by atoms with Gasteiger partial charge < -0.3 is 4.84 Å². The lowest BCUT2D eigenvalue weighted by Crippen LogP contribution is -2.32. The number of carbonyl (C=O) groups is 3. The molecule has 0 spiro atoms. The van der Waals surface area contributed by atoms with Gasteiger partial charge in [-0.25, -0.2) is 9.78 Å². The zero-order valence-corrected chi connectivity index (χ0v) is 16.5. The molecule has 0 bridgehead atoms. The third-order valence-corrected chi connectivity index (χ3v) is 5.18. The minimum absolute atomic E-state index is 0.209. The van der Waals surface area contributed by atoms with E-state index in [0.717, 1.165) is 11.1 Å². The van der Waals surface area contributed by atoms with Gasteiger partial charge in [0, 0.05) is 10.9 Å². The number of amides is 2. The Labute approximate surface area is 177 Å². The largest absolute Gasteiger partial charge is 0.364 e. The highest BCUT2D eigenvalue weighted by Gasteiger charge is 2.39. The summed E-state index contributed by atoms with van der Waals surface area (Å²) in [6.45, 7) is 1.91. The van der Waals surface area contributed by atoms with Crippen molar-refractivity contribution in [1.82, 2.24) is 10.0 Å². The van der Waals surface area contributed by atoms with Crippen molar-refractivity contribution in [3.63, 3.8) is 0 Å². The molecular formula is C25H16N2O4. The van der Waals surface area contributed by atoms with Gasteiger partial charge in [-0.15, -0.1) is 0 Å². The Morgan fingerprint density at radius 2 is 1.48 bits per heavy atom. The monoisotopic (exact) mass is 408 g/mol. The van der Waals surface area contributed by atoms with Gasteiger partial charge in [-0.1, -0.05) is 59.2 Å². The van der Waals surface area contributed by atoms with Crippen LogP contribution in [0.15, 0.2) is 78.9 Å². The second-order valence-electron chi connectivity index (χ2n) is 7.27. The van der Waals surface area contributed by atoms with Crippen molar-refractivity contribution >= 4 is 28.7 Å². The Bertz CT molecular complexity index is 1340. The van der Waals surface area contributed by atoms with Crippen LogP contribution in [0, 0.1) is 6.92 Å². The van der Waals surface area contributed by atoms with Crippen LogP contribution in [0.25, 0.3) is 22.2 Å². The zero-order valence-electron chi connectivity index (χ0n) is 16.5. The number of rotatable bonds is 3. The Balaban J connectivity index is 1.58. The fraction of sp³-hybridized carbons (Fsp3) is 0.0400. The first-order valence-electron chi connectivity index (χ1n) is 9.70. The third kappa shape index (κ3) is 3.14. The van der Waals surface area contributed by atoms with E-state index in [1.807, 2.05) is 55.5 Å². The molecule has 0 aliphatic carbocycles. The lowest BCUT2D eigenvalue weighted by atomic mass is 10.0. The summed E-state index contributed by atoms with van der Waals surface area (Å²) in [5.41, 5.74) is 3.62. The van der Waals surface area contributed by atoms with Gasteiger partial charge >= 0.3 is 5.97 Å². The number of hydrogen-bond donors (Lipinski definition) is 0. The van der Waals surface area contributed by atoms with Gasteiger partial charge in [0.2, 0.25) is 0 Å². The van der Waals surface area contributed by atoms with E-state index in [0.29, 0.717) is 21.7 Å². The van der Waals surface area contributed by atoms with Crippen molar-refractivity contribution in [2.24, 2.45) is 0 Å². The summed E-state index contributed by atoms with van der Waals surface area (Å²) in [5, 5.41) is 1.11. The fourth-order valence-electron chi connectivity index (χ4n) is 3.65. The number of hydroxylamine groups is 2. The van der Waals surface area contributed by atoms with Gasteiger partial charge in [-0.2, -0.15) is 0 Å². The SMILES string of the molecule is Cc1ccc2nc(-c3ccccc3)cc(C(=O)ON3C(=O)c4ccccc4C3=O)c2c1. The van der Waals surface area contributed by atoms with Gasteiger partial charge in [0.15, 0.2) is 0 Å². The standard InChI is InChI=1S/C25H16N2O4/c1-15-11-12-21-19(13-15)20(14-22(26-21)16-7-3-2-4-8-16)25(30)31-27-23(28)17-9-5-6-10-18(17)24(27)29/h2-14H,1H3. The summed E-state index contributed by atoms with van der Waals surface area (Å²) in [6, 6.07) is 23.0. The van der Waals surface area contributed by atoms with Gasteiger partial charge in [-0.3, -0.25) is 9.59 Å². The van der Waals surface area contributed by atoms with E-state index in [2.05, 4.69) is 4.98 Å². The average molecular weight is 408 g/mol. The summed E-state index contributed by atoms with van der Waals surface area (Å²) in [6.07, 6.45) is 0. The number of imide groups is 1. The highest BCUT2D eigenvalue weighted by molar-refractivity contribution is 6.21. The van der Waals surface area contributed by atoms with E-state index in [1.165, 1.54) is 12.1 Å². The molecule has 2 heterocycles. The molecule has 150 valence electrons. The molecular weight excluding hydrogens is 392 g/mol. The van der Waals surface area contributed by atoms with Crippen LogP contribution < -0.4 is 0 Å². The van der Waals surface area contributed by atoms with E-state index in [-0.39, 0.29) is 16.7 Å². The minimum atomic E-state index is -0.801. The Hall–Kier alpha value is -4.32. The molecule has 31 heavy (non-hydrogen) atoms. The summed E-state index contributed by atoms with van der Waals surface area (Å²) in [4.78, 5) is 48.3. The maximum absolute atomic E-state index is 13.2. The van der Waals surface area contributed by atoms with Gasteiger partial charge in [0.25, 0.3) is 11.8 Å². The molecule has 6 heteroatoms. The van der Waals surface area contributed by atoms with Crippen molar-refractivity contribution < 1.29 is 19.2 Å². The Kier molecular flexibility index (Phi) is 4.33. The predicted octanol–water partition coefficient (Wildman–Crippen LogP) is 4.58. The van der Waals surface area contributed by atoms with E-state index in [4.69, 9.17) is 4.84 Å². The van der Waals surface area contributed by atoms with E-state index in [9.17, 15) is 14.4 Å². The van der Waals surface area contributed by atoms with Crippen molar-refractivity contribution in [2.45, 2.75) is 6.92 Å². The highest BCUT2D eigenvalue weighted by atomic mass is 16.7. The molecule has 0 atom stereocenters. The van der Waals surface area contributed by atoms with Crippen molar-refractivity contribution in [3.8, 4) is 11.3 Å². The lowest BCUT2D eigenvalue weighted by Gasteiger charge is -2.15. The first-order valence-corrected chi connectivity index (χ1v) is 9.70. The Morgan fingerprint density at radius 3 is 2.16 bits per heavy atom. The summed E-state index contributed by atoms with van der Waals surface area (Å²) >= 11 is 0. The van der Waals surface area contributed by atoms with Crippen LogP contribution in [0.3, 0.4) is 0 Å². The number of aromatic nitrogens is 1. The number of fused-ring (bicyclic) bond motifs is 2. The number of hydrogen-bond acceptors (Lipinski definition) is 5. The van der Waals surface area contributed by atoms with E-state index >= 15 is 0 Å². The molecule has 0 unspecified atom stereocenters. The van der Waals surface area contributed by atoms with Crippen LogP contribution >= 0.6 is 0 Å². The van der Waals surface area contributed by atoms with E-state index < -0.39 is 17.8 Å². The normalized spacial score (nSPS) is 12.9. The van der Waals surface area contributed by atoms with Crippen LogP contribution in [0.2, 0.25) is 0 Å². The van der Waals surface area contributed by atoms with Crippen molar-refractivity contribution in [1.29, 1.82) is 0 Å². The maximum atomic E-state index is 13.2. The molecule has 4 aromatic rings. The average Bonchev–Trinajstić information content (AvgIpc) is 3.04. The number of aryl methyl sites for hydroxylation is 1. The molecule has 5 rings (SSSR count). The minimum Gasteiger partial charge on any atom is -0.324 e. The quantitative estimate of drug-likeness (QED) is 0.464. The molecule has 6 nitrogen and oxygen atoms in total. The van der Waals surface area contributed by atoms with Crippen molar-refractivity contribution in [3.05, 3.63) is 101 Å². The lowest BCUT2D eigenvalue weighted by molar-refractivity contribution is -0.0583. The number of carbonyl (C=O) groups excluding carboxylic acids is 3. The van der Waals surface area contributed by atoms with Crippen LogP contribution in [0.5, 0.6) is 0 Å². The molecule has 1 aliphatic rings. The second kappa shape index (κ2) is 7.18. The number of benzene rings is 3. The maximum Gasteiger partial charge on any atom is 0.364 e. The predicted molar refractivity (Wildman–Crippen MR) is 114 cm³/mol. The van der Waals surface area contributed by atoms with Crippen LogP contribution in [-0.2, 0) is 4.84 Å². The summed E-state index contributed by atoms with van der Waals surface area (Å²) in [7, 11) is 0. The van der Waals surface area contributed by atoms with Gasteiger partial charge in [-0.05, 0) is 37.3 Å². The molecule has 0 fully saturated rings. The number of nitrogens with zero attached hydrogens (tertiary/aromatic N) is 2. The second-order valence-corrected chi connectivity index (χ2v) is 7.27. The molecule has 0 saturated carbocycles. The van der Waals surface area contributed by atoms with Crippen molar-refractivity contribution in [2.75, 3.05) is 0 Å². The van der Waals surface area contributed by atoms with Crippen LogP contribution in [0.1, 0.15) is 36.6 Å². The van der Waals surface area contributed by atoms with Gasteiger partial charge in [0.1, 0.15) is 0 Å². The molecule has 2 amide bonds. The van der Waals surface area contributed by atoms with E-state index in [1.54, 1.807) is 18.2 Å². The first kappa shape index (κ1) is 18.7. The molecule has 3 aromatic carbocycles. The van der Waals surface area contributed by atoms with Crippen LogP contribution in [0.4, 0.5) is 0 Å². The topological polar surface area (TPSA) is 76.6 Å². The molecule has 0 radical (unpaired) electrons. The summed E-state index contributed by atoms with van der Waals surface area (Å²) < 4.78 is 0. The smallest absolute Gasteiger partial charge is 0.324 e.